The van der Waals surface area contributed by atoms with Crippen molar-refractivity contribution in [1.29, 1.82) is 0 Å². The van der Waals surface area contributed by atoms with Gasteiger partial charge in [-0.25, -0.2) is 9.97 Å². The van der Waals surface area contributed by atoms with Gasteiger partial charge in [-0.2, -0.15) is 4.37 Å². The third kappa shape index (κ3) is 3.77. The van der Waals surface area contributed by atoms with Crippen molar-refractivity contribution in [2.45, 2.75) is 33.6 Å². The number of hydrogen-bond acceptors (Lipinski definition) is 6. The maximum absolute atomic E-state index is 4.64. The minimum atomic E-state index is 0.742. The lowest BCUT2D eigenvalue weighted by atomic mass is 10.2. The summed E-state index contributed by atoms with van der Waals surface area (Å²) < 4.78 is 6.50. The molecule has 26 heavy (non-hydrogen) atoms. The summed E-state index contributed by atoms with van der Waals surface area (Å²) >= 11 is 1.45. The normalized spacial score (nSPS) is 12.2. The second-order valence-corrected chi connectivity index (χ2v) is 6.73. The minimum Gasteiger partial charge on any atom is -0.393 e. The van der Waals surface area contributed by atoms with E-state index in [1.54, 1.807) is 0 Å². The fourth-order valence-corrected chi connectivity index (χ4v) is 3.40. The first kappa shape index (κ1) is 18.1. The van der Waals surface area contributed by atoms with Crippen molar-refractivity contribution in [2.75, 3.05) is 12.4 Å². The first-order chi connectivity index (χ1) is 12.7. The Morgan fingerprint density at radius 1 is 1.35 bits per heavy atom. The van der Waals surface area contributed by atoms with Gasteiger partial charge in [0.1, 0.15) is 5.00 Å². The molecule has 2 N–H and O–H groups in total. The van der Waals surface area contributed by atoms with Crippen LogP contribution in [-0.4, -0.2) is 25.8 Å². The predicted molar refractivity (Wildman–Crippen MR) is 109 cm³/mol. The van der Waals surface area contributed by atoms with Crippen LogP contribution in [0.15, 0.2) is 36.8 Å². The molecule has 136 valence electrons. The highest BCUT2D eigenvalue weighted by Gasteiger charge is 2.13. The van der Waals surface area contributed by atoms with Gasteiger partial charge < -0.3 is 10.6 Å². The molecular weight excluding hydrogens is 344 g/mol. The van der Waals surface area contributed by atoms with Gasteiger partial charge in [0.25, 0.3) is 0 Å². The third-order valence-corrected chi connectivity index (χ3v) is 4.65. The Bertz CT molecular complexity index is 950. The quantitative estimate of drug-likeness (QED) is 0.608. The molecule has 6 nitrogen and oxygen atoms in total. The van der Waals surface area contributed by atoms with Crippen molar-refractivity contribution in [3.63, 3.8) is 0 Å². The van der Waals surface area contributed by atoms with Crippen LogP contribution in [0.5, 0.6) is 0 Å². The number of hydrogen-bond donors (Lipinski definition) is 2. The molecule has 0 spiro atoms. The highest BCUT2D eigenvalue weighted by molar-refractivity contribution is 7.10. The van der Waals surface area contributed by atoms with Crippen LogP contribution >= 0.6 is 11.5 Å². The number of rotatable bonds is 7. The fourth-order valence-electron chi connectivity index (χ4n) is 2.67. The van der Waals surface area contributed by atoms with Crippen LogP contribution in [0.1, 0.15) is 37.4 Å². The monoisotopic (exact) mass is 368 g/mol. The van der Waals surface area contributed by atoms with Gasteiger partial charge in [-0.15, -0.1) is 0 Å². The lowest BCUT2D eigenvalue weighted by molar-refractivity contribution is 1.05. The lowest BCUT2D eigenvalue weighted by Crippen LogP contribution is -2.02. The van der Waals surface area contributed by atoms with Crippen LogP contribution in [0.3, 0.4) is 0 Å². The molecule has 7 heteroatoms. The Morgan fingerprint density at radius 2 is 2.19 bits per heavy atom. The molecule has 0 aliphatic carbocycles. The zero-order valence-corrected chi connectivity index (χ0v) is 16.4. The first-order valence-corrected chi connectivity index (χ1v) is 9.55. The largest absolute Gasteiger partial charge is 0.393 e. The Kier molecular flexibility index (Phi) is 5.68. The van der Waals surface area contributed by atoms with Crippen molar-refractivity contribution in [3.8, 4) is 0 Å². The van der Waals surface area contributed by atoms with Crippen molar-refractivity contribution in [2.24, 2.45) is 0 Å². The van der Waals surface area contributed by atoms with Crippen LogP contribution in [0.25, 0.3) is 11.2 Å². The van der Waals surface area contributed by atoms with Gasteiger partial charge >= 0.3 is 0 Å². The topological polar surface area (TPSA) is 67.1 Å². The number of anilines is 2. The van der Waals surface area contributed by atoms with E-state index in [2.05, 4.69) is 61.4 Å². The average molecular weight is 369 g/mol. The van der Waals surface area contributed by atoms with Crippen LogP contribution in [-0.2, 0) is 6.42 Å². The molecule has 0 radical (unpaired) electrons. The van der Waals surface area contributed by atoms with E-state index >= 15 is 0 Å². The molecule has 3 heterocycles. The number of nitrogens with zero attached hydrogens (tertiary/aromatic N) is 4. The SMILES string of the molecule is CC/C=C/C(=C\NC)c1cnc2c(Nc3cc(CC)ns3)nc(C)cn12. The van der Waals surface area contributed by atoms with Crippen molar-refractivity contribution >= 4 is 33.6 Å². The van der Waals surface area contributed by atoms with E-state index in [0.29, 0.717) is 0 Å². The molecule has 0 saturated carbocycles. The van der Waals surface area contributed by atoms with Crippen LogP contribution < -0.4 is 10.6 Å². The van der Waals surface area contributed by atoms with Crippen LogP contribution in [0, 0.1) is 6.92 Å². The predicted octanol–water partition coefficient (Wildman–Crippen LogP) is 4.33. The summed E-state index contributed by atoms with van der Waals surface area (Å²) in [5.74, 6) is 0.742. The Labute approximate surface area is 157 Å². The second-order valence-electron chi connectivity index (χ2n) is 5.93. The molecule has 3 rings (SSSR count). The van der Waals surface area contributed by atoms with E-state index in [0.717, 1.165) is 52.0 Å². The molecule has 0 fully saturated rings. The average Bonchev–Trinajstić information content (AvgIpc) is 3.25. The molecule has 3 aromatic heterocycles. The molecular formula is C19H24N6S. The van der Waals surface area contributed by atoms with Gasteiger partial charge in [0.2, 0.25) is 0 Å². The second kappa shape index (κ2) is 8.14. The molecule has 0 atom stereocenters. The molecule has 0 bridgehead atoms. The third-order valence-electron chi connectivity index (χ3n) is 3.90. The minimum absolute atomic E-state index is 0.742. The summed E-state index contributed by atoms with van der Waals surface area (Å²) in [5.41, 5.74) is 4.89. The number of aromatic nitrogens is 4. The van der Waals surface area contributed by atoms with Gasteiger partial charge in [0.15, 0.2) is 11.5 Å². The van der Waals surface area contributed by atoms with Gasteiger partial charge in [-0.3, -0.25) is 4.40 Å². The molecule has 0 unspecified atom stereocenters. The van der Waals surface area contributed by atoms with E-state index in [-0.39, 0.29) is 0 Å². The standard InChI is InChI=1S/C19H24N6S/c1-5-7-8-14(10-20-4)16-11-21-19-18(22-13(3)12-25(16)19)23-17-9-15(6-2)24-26-17/h7-12,20H,5-6H2,1-4H3,(H,22,23)/b8-7+,14-10+. The molecule has 3 aromatic rings. The van der Waals surface area contributed by atoms with E-state index in [9.17, 15) is 0 Å². The molecule has 0 aromatic carbocycles. The summed E-state index contributed by atoms with van der Waals surface area (Å²) in [4.78, 5) is 9.26. The first-order valence-electron chi connectivity index (χ1n) is 8.77. The summed E-state index contributed by atoms with van der Waals surface area (Å²) in [6, 6.07) is 2.06. The van der Waals surface area contributed by atoms with E-state index in [4.69, 9.17) is 0 Å². The van der Waals surface area contributed by atoms with Gasteiger partial charge in [-0.05, 0) is 37.4 Å². The van der Waals surface area contributed by atoms with Gasteiger partial charge in [0, 0.05) is 25.0 Å². The number of aryl methyl sites for hydroxylation is 2. The summed E-state index contributed by atoms with van der Waals surface area (Å²) in [6.45, 7) is 6.21. The van der Waals surface area contributed by atoms with Gasteiger partial charge in [0.05, 0.1) is 23.3 Å². The van der Waals surface area contributed by atoms with Crippen LogP contribution in [0.4, 0.5) is 10.8 Å². The molecule has 0 aliphatic rings. The number of nitrogens with one attached hydrogen (secondary N) is 2. The zero-order chi connectivity index (χ0) is 18.5. The fraction of sp³-hybridized carbons (Fsp3) is 0.316. The Morgan fingerprint density at radius 3 is 2.88 bits per heavy atom. The Hall–Kier alpha value is -2.67. The molecule has 0 aliphatic heterocycles. The number of imidazole rings is 1. The van der Waals surface area contributed by atoms with E-state index in [1.807, 2.05) is 32.6 Å². The Balaban J connectivity index is 2.05. The molecule has 0 saturated heterocycles. The maximum atomic E-state index is 4.64. The van der Waals surface area contributed by atoms with E-state index in [1.165, 1.54) is 11.5 Å². The maximum Gasteiger partial charge on any atom is 0.180 e. The van der Waals surface area contributed by atoms with Crippen LogP contribution in [0.2, 0.25) is 0 Å². The number of fused-ring (bicyclic) bond motifs is 1. The molecule has 0 amide bonds. The van der Waals surface area contributed by atoms with Gasteiger partial charge in [-0.1, -0.05) is 26.0 Å². The summed E-state index contributed by atoms with van der Waals surface area (Å²) in [7, 11) is 1.90. The summed E-state index contributed by atoms with van der Waals surface area (Å²) in [5, 5.41) is 7.47. The zero-order valence-electron chi connectivity index (χ0n) is 15.6. The highest BCUT2D eigenvalue weighted by Crippen LogP contribution is 2.26. The van der Waals surface area contributed by atoms with E-state index < -0.39 is 0 Å². The van der Waals surface area contributed by atoms with Crippen molar-refractivity contribution in [1.82, 2.24) is 24.1 Å². The van der Waals surface area contributed by atoms with Crippen molar-refractivity contribution < 1.29 is 0 Å². The van der Waals surface area contributed by atoms with Crippen molar-refractivity contribution in [3.05, 3.63) is 53.9 Å². The number of allylic oxidation sites excluding steroid dienone is 3. The smallest absolute Gasteiger partial charge is 0.180 e. The highest BCUT2D eigenvalue weighted by atomic mass is 32.1. The summed E-state index contributed by atoms with van der Waals surface area (Å²) in [6.07, 6.45) is 12.0. The lowest BCUT2D eigenvalue weighted by Gasteiger charge is -2.08.